The second kappa shape index (κ2) is 9.86. The van der Waals surface area contributed by atoms with Crippen LogP contribution in [0.5, 0.6) is 5.75 Å². The third-order valence-corrected chi connectivity index (χ3v) is 5.25. The van der Waals surface area contributed by atoms with E-state index in [1.165, 1.54) is 12.3 Å². The van der Waals surface area contributed by atoms with Gasteiger partial charge in [-0.3, -0.25) is 4.98 Å². The Labute approximate surface area is 195 Å². The number of nitrogens with zero attached hydrogens (tertiary/aromatic N) is 3. The molecule has 9 heteroatoms. The molecule has 2 aromatic carbocycles. The Bertz CT molecular complexity index is 1180. The van der Waals surface area contributed by atoms with E-state index >= 15 is 0 Å². The number of aromatic nitrogens is 1. The van der Waals surface area contributed by atoms with Gasteiger partial charge in [-0.25, -0.2) is 4.99 Å². The lowest BCUT2D eigenvalue weighted by atomic mass is 10.0. The maximum absolute atomic E-state index is 12.6. The predicted molar refractivity (Wildman–Crippen MR) is 126 cm³/mol. The number of aliphatic imine (C=N–C) groups is 1. The van der Waals surface area contributed by atoms with Crippen LogP contribution in [0.2, 0.25) is 0 Å². The number of anilines is 1. The number of nitrogens with one attached hydrogen (secondary N) is 1. The van der Waals surface area contributed by atoms with Crippen LogP contribution in [-0.2, 0) is 6.54 Å². The smallest absolute Gasteiger partial charge is 0.422 e. The highest BCUT2D eigenvalue weighted by molar-refractivity contribution is 5.90. The Morgan fingerprint density at radius 1 is 1.03 bits per heavy atom. The first-order valence-electron chi connectivity index (χ1n) is 10.6. The van der Waals surface area contributed by atoms with Crippen LogP contribution in [0, 0.1) is 0 Å². The van der Waals surface area contributed by atoms with Crippen LogP contribution < -0.4 is 20.7 Å². The van der Waals surface area contributed by atoms with Crippen LogP contribution in [0.3, 0.4) is 0 Å². The molecule has 3 N–H and O–H groups in total. The van der Waals surface area contributed by atoms with Crippen molar-refractivity contribution in [3.8, 4) is 5.75 Å². The minimum Gasteiger partial charge on any atom is -0.482 e. The third kappa shape index (κ3) is 5.86. The van der Waals surface area contributed by atoms with Crippen molar-refractivity contribution < 1.29 is 17.9 Å². The van der Waals surface area contributed by atoms with Gasteiger partial charge in [0.25, 0.3) is 0 Å². The normalized spacial score (nSPS) is 15.7. The number of ether oxygens (including phenoxy) is 1. The summed E-state index contributed by atoms with van der Waals surface area (Å²) in [5.41, 5.74) is 10.1. The topological polar surface area (TPSA) is 75.8 Å². The van der Waals surface area contributed by atoms with E-state index in [0.29, 0.717) is 11.7 Å². The predicted octanol–water partition coefficient (Wildman–Crippen LogP) is 4.66. The van der Waals surface area contributed by atoms with Crippen molar-refractivity contribution in [3.63, 3.8) is 0 Å². The van der Waals surface area contributed by atoms with Crippen LogP contribution in [0.4, 0.5) is 18.9 Å². The molecule has 0 amide bonds. The average Bonchev–Trinajstić information content (AvgIpc) is 2.83. The fraction of sp³-hybridized carbons (Fsp3) is 0.200. The summed E-state index contributed by atoms with van der Waals surface area (Å²) < 4.78 is 42.6. The molecule has 0 saturated carbocycles. The molecule has 2 heterocycles. The second-order valence-electron chi connectivity index (χ2n) is 7.83. The van der Waals surface area contributed by atoms with Crippen LogP contribution in [-0.4, -0.2) is 30.8 Å². The van der Waals surface area contributed by atoms with Gasteiger partial charge >= 0.3 is 6.18 Å². The third-order valence-electron chi connectivity index (χ3n) is 5.25. The molecule has 0 spiro atoms. The number of nitrogens with two attached hydrogens (primary N) is 1. The molecule has 3 aromatic rings. The van der Waals surface area contributed by atoms with Crippen molar-refractivity contribution in [2.24, 2.45) is 10.7 Å². The maximum Gasteiger partial charge on any atom is 0.422 e. The number of guanidine groups is 1. The summed E-state index contributed by atoms with van der Waals surface area (Å²) in [7, 11) is 1.84. The summed E-state index contributed by atoms with van der Waals surface area (Å²) in [6.07, 6.45) is -0.865. The monoisotopic (exact) mass is 467 g/mol. The van der Waals surface area contributed by atoms with Crippen molar-refractivity contribution in [1.29, 1.82) is 0 Å². The van der Waals surface area contributed by atoms with E-state index in [1.807, 2.05) is 72.6 Å². The second-order valence-corrected chi connectivity index (χ2v) is 7.83. The van der Waals surface area contributed by atoms with Crippen molar-refractivity contribution in [3.05, 3.63) is 95.8 Å². The molecule has 1 unspecified atom stereocenters. The number of rotatable bonds is 7. The van der Waals surface area contributed by atoms with E-state index in [1.54, 1.807) is 6.07 Å². The molecule has 0 bridgehead atoms. The molecular formula is C25H24F3N5O. The summed E-state index contributed by atoms with van der Waals surface area (Å²) in [4.78, 5) is 10.6. The SMILES string of the molecule is CN(Cc1ncccc1OCC(F)(F)F)c1ccc(C2=CC(c3ccccc3)N=C(N)N2)cc1. The molecule has 4 rings (SSSR count). The Balaban J connectivity index is 1.47. The fourth-order valence-corrected chi connectivity index (χ4v) is 3.59. The Kier molecular flexibility index (Phi) is 6.72. The molecule has 176 valence electrons. The number of hydrogen-bond donors (Lipinski definition) is 2. The molecule has 1 aliphatic rings. The molecule has 0 saturated heterocycles. The minimum absolute atomic E-state index is 0.113. The zero-order chi connectivity index (χ0) is 24.1. The number of alkyl halides is 3. The van der Waals surface area contributed by atoms with E-state index in [0.717, 1.165) is 22.5 Å². The molecule has 6 nitrogen and oxygen atoms in total. The van der Waals surface area contributed by atoms with Gasteiger partial charge in [0, 0.05) is 24.6 Å². The minimum atomic E-state index is -4.41. The molecule has 1 aliphatic heterocycles. The van der Waals surface area contributed by atoms with Crippen LogP contribution in [0.25, 0.3) is 5.70 Å². The summed E-state index contributed by atoms with van der Waals surface area (Å²) >= 11 is 0. The number of hydrogen-bond acceptors (Lipinski definition) is 6. The van der Waals surface area contributed by atoms with Crippen molar-refractivity contribution >= 4 is 17.3 Å². The Morgan fingerprint density at radius 3 is 2.47 bits per heavy atom. The van der Waals surface area contributed by atoms with Crippen LogP contribution in [0.1, 0.15) is 22.9 Å². The summed E-state index contributed by atoms with van der Waals surface area (Å²) in [5, 5.41) is 3.11. The molecule has 0 fully saturated rings. The van der Waals surface area contributed by atoms with Gasteiger partial charge < -0.3 is 20.7 Å². The fourth-order valence-electron chi connectivity index (χ4n) is 3.59. The van der Waals surface area contributed by atoms with E-state index in [2.05, 4.69) is 15.3 Å². The van der Waals surface area contributed by atoms with Crippen molar-refractivity contribution in [2.45, 2.75) is 18.8 Å². The summed E-state index contributed by atoms with van der Waals surface area (Å²) in [6, 6.07) is 20.5. The van der Waals surface area contributed by atoms with Gasteiger partial charge in [0.05, 0.1) is 12.6 Å². The average molecular weight is 467 g/mol. The van der Waals surface area contributed by atoms with Gasteiger partial charge in [0.2, 0.25) is 0 Å². The summed E-state index contributed by atoms with van der Waals surface area (Å²) in [5.74, 6) is 0.454. The first-order valence-corrected chi connectivity index (χ1v) is 10.6. The van der Waals surface area contributed by atoms with Gasteiger partial charge in [-0.05, 0) is 41.5 Å². The number of pyridine rings is 1. The number of benzene rings is 2. The lowest BCUT2D eigenvalue weighted by Gasteiger charge is -2.23. The highest BCUT2D eigenvalue weighted by Gasteiger charge is 2.29. The molecule has 1 atom stereocenters. The summed E-state index contributed by atoms with van der Waals surface area (Å²) in [6.45, 7) is -1.08. The quantitative estimate of drug-likeness (QED) is 0.529. The van der Waals surface area contributed by atoms with Gasteiger partial charge in [0.1, 0.15) is 11.4 Å². The van der Waals surface area contributed by atoms with Crippen LogP contribution >= 0.6 is 0 Å². The lowest BCUT2D eigenvalue weighted by molar-refractivity contribution is -0.153. The van der Waals surface area contributed by atoms with Crippen molar-refractivity contribution in [2.75, 3.05) is 18.6 Å². The molecule has 0 radical (unpaired) electrons. The zero-order valence-electron chi connectivity index (χ0n) is 18.5. The number of halogens is 3. The van der Waals surface area contributed by atoms with E-state index in [4.69, 9.17) is 10.5 Å². The molecule has 0 aliphatic carbocycles. The van der Waals surface area contributed by atoms with Gasteiger partial charge in [-0.15, -0.1) is 0 Å². The van der Waals surface area contributed by atoms with Crippen LogP contribution in [0.15, 0.2) is 84.0 Å². The van der Waals surface area contributed by atoms with Gasteiger partial charge in [-0.2, -0.15) is 13.2 Å². The highest BCUT2D eigenvalue weighted by atomic mass is 19.4. The van der Waals surface area contributed by atoms with E-state index in [-0.39, 0.29) is 18.3 Å². The molecule has 34 heavy (non-hydrogen) atoms. The first kappa shape index (κ1) is 23.2. The largest absolute Gasteiger partial charge is 0.482 e. The zero-order valence-corrected chi connectivity index (χ0v) is 18.5. The van der Waals surface area contributed by atoms with E-state index in [9.17, 15) is 13.2 Å². The Morgan fingerprint density at radius 2 is 1.76 bits per heavy atom. The van der Waals surface area contributed by atoms with Gasteiger partial charge in [0.15, 0.2) is 12.6 Å². The molecule has 1 aromatic heterocycles. The maximum atomic E-state index is 12.6. The highest BCUT2D eigenvalue weighted by Crippen LogP contribution is 2.28. The first-order chi connectivity index (χ1) is 16.3. The molecular weight excluding hydrogens is 443 g/mol. The van der Waals surface area contributed by atoms with E-state index < -0.39 is 12.8 Å². The van der Waals surface area contributed by atoms with Crippen molar-refractivity contribution in [1.82, 2.24) is 10.3 Å². The van der Waals surface area contributed by atoms with Gasteiger partial charge in [-0.1, -0.05) is 42.5 Å². The standard InChI is InChI=1S/C25H24F3N5O/c1-33(15-22-23(8-5-13-30-22)34-16-25(26,27)28)19-11-9-18(10-12-19)21-14-20(31-24(29)32-21)17-6-3-2-4-7-17/h2-14,20H,15-16H2,1H3,(H3,29,31,32). The Hall–Kier alpha value is -4.01. The lowest BCUT2D eigenvalue weighted by Crippen LogP contribution is -2.33.